The van der Waals surface area contributed by atoms with Crippen LogP contribution in [0.3, 0.4) is 0 Å². The number of carboxylic acid groups (broad SMARTS) is 1. The van der Waals surface area contributed by atoms with Gasteiger partial charge in [-0.2, -0.15) is 11.8 Å². The highest BCUT2D eigenvalue weighted by Crippen LogP contribution is 2.38. The van der Waals surface area contributed by atoms with E-state index < -0.39 is 12.0 Å². The van der Waals surface area contributed by atoms with Crippen molar-refractivity contribution in [2.24, 2.45) is 5.92 Å². The van der Waals surface area contributed by atoms with E-state index in [9.17, 15) is 14.7 Å². The van der Waals surface area contributed by atoms with Gasteiger partial charge in [-0.25, -0.2) is 9.59 Å². The molecule has 0 radical (unpaired) electrons. The van der Waals surface area contributed by atoms with Crippen molar-refractivity contribution in [3.63, 3.8) is 0 Å². The zero-order valence-electron chi connectivity index (χ0n) is 12.4. The van der Waals surface area contributed by atoms with Gasteiger partial charge >= 0.3 is 12.0 Å². The first-order chi connectivity index (χ1) is 10.2. The van der Waals surface area contributed by atoms with Gasteiger partial charge in [0.1, 0.15) is 6.04 Å². The highest BCUT2D eigenvalue weighted by atomic mass is 32.2. The number of carbonyl (C=O) groups excluding carboxylic acids is 1. The van der Waals surface area contributed by atoms with Crippen molar-refractivity contribution < 1.29 is 14.7 Å². The lowest BCUT2D eigenvalue weighted by atomic mass is 9.76. The summed E-state index contributed by atoms with van der Waals surface area (Å²) in [5.41, 5.74) is 0. The first kappa shape index (κ1) is 15.0. The van der Waals surface area contributed by atoms with Gasteiger partial charge < -0.3 is 14.9 Å². The van der Waals surface area contributed by atoms with Crippen LogP contribution in [-0.2, 0) is 4.79 Å². The average molecular weight is 312 g/mol. The number of hydrogen-bond acceptors (Lipinski definition) is 3. The molecule has 3 fully saturated rings. The molecular weight excluding hydrogens is 288 g/mol. The number of rotatable bonds is 1. The standard InChI is InChI=1S/C15H24N2O3S/c18-14(19)13-6-5-11-3-1-2-4-12(11)17(13)15(20)16-7-9-21-10-8-16/h11-13H,1-10H2,(H,18,19). The summed E-state index contributed by atoms with van der Waals surface area (Å²) in [5.74, 6) is 1.60. The minimum absolute atomic E-state index is 0.0284. The number of hydrogen-bond donors (Lipinski definition) is 1. The molecule has 0 aromatic heterocycles. The SMILES string of the molecule is O=C(O)C1CCC2CCCCC2N1C(=O)N1CCSCC1. The van der Waals surface area contributed by atoms with Crippen molar-refractivity contribution in [3.05, 3.63) is 0 Å². The maximum absolute atomic E-state index is 12.9. The van der Waals surface area contributed by atoms with E-state index in [-0.39, 0.29) is 12.1 Å². The van der Waals surface area contributed by atoms with Crippen LogP contribution in [0.1, 0.15) is 38.5 Å². The van der Waals surface area contributed by atoms with E-state index in [2.05, 4.69) is 0 Å². The number of likely N-dealkylation sites (tertiary alicyclic amines) is 1. The number of carbonyl (C=O) groups is 2. The van der Waals surface area contributed by atoms with E-state index in [0.717, 1.165) is 50.3 Å². The van der Waals surface area contributed by atoms with Crippen molar-refractivity contribution in [2.75, 3.05) is 24.6 Å². The number of piperidine rings is 1. The second-order valence-corrected chi connectivity index (χ2v) is 7.56. The Labute approximate surface area is 130 Å². The summed E-state index contributed by atoms with van der Waals surface area (Å²) in [5, 5.41) is 9.53. The molecule has 1 aliphatic carbocycles. The van der Waals surface area contributed by atoms with Crippen LogP contribution < -0.4 is 0 Å². The molecule has 0 aromatic carbocycles. The lowest BCUT2D eigenvalue weighted by molar-refractivity contribution is -0.146. The third-order valence-electron chi connectivity index (χ3n) is 5.16. The van der Waals surface area contributed by atoms with Crippen molar-refractivity contribution in [2.45, 2.75) is 50.6 Å². The number of thioether (sulfide) groups is 1. The molecule has 3 aliphatic rings. The van der Waals surface area contributed by atoms with Crippen LogP contribution in [0.2, 0.25) is 0 Å². The van der Waals surface area contributed by atoms with E-state index >= 15 is 0 Å². The van der Waals surface area contributed by atoms with Gasteiger partial charge in [-0.15, -0.1) is 0 Å². The molecule has 0 aromatic rings. The smallest absolute Gasteiger partial charge is 0.326 e. The van der Waals surface area contributed by atoms with Crippen LogP contribution in [0.4, 0.5) is 4.79 Å². The molecule has 2 heterocycles. The van der Waals surface area contributed by atoms with Gasteiger partial charge in [0.2, 0.25) is 0 Å². The number of amides is 2. The zero-order valence-corrected chi connectivity index (χ0v) is 13.2. The van der Waals surface area contributed by atoms with Crippen LogP contribution in [0.15, 0.2) is 0 Å². The lowest BCUT2D eigenvalue weighted by Crippen LogP contribution is -2.61. The highest BCUT2D eigenvalue weighted by molar-refractivity contribution is 7.99. The minimum atomic E-state index is -0.834. The number of fused-ring (bicyclic) bond motifs is 1. The van der Waals surface area contributed by atoms with E-state index in [0.29, 0.717) is 12.3 Å². The molecule has 2 saturated heterocycles. The number of nitrogens with zero attached hydrogens (tertiary/aromatic N) is 2. The third kappa shape index (κ3) is 3.00. The maximum Gasteiger partial charge on any atom is 0.326 e. The summed E-state index contributed by atoms with van der Waals surface area (Å²) in [4.78, 5) is 28.1. The van der Waals surface area contributed by atoms with E-state index in [1.54, 1.807) is 4.90 Å². The predicted octanol–water partition coefficient (Wildman–Crippen LogP) is 2.26. The fourth-order valence-corrected chi connectivity index (χ4v) is 4.97. The zero-order chi connectivity index (χ0) is 14.8. The Hall–Kier alpha value is -0.910. The molecule has 6 heteroatoms. The molecule has 118 valence electrons. The van der Waals surface area contributed by atoms with Crippen LogP contribution in [-0.4, -0.2) is 63.6 Å². The van der Waals surface area contributed by atoms with E-state index in [1.807, 2.05) is 16.7 Å². The average Bonchev–Trinajstić information content (AvgIpc) is 2.53. The van der Waals surface area contributed by atoms with Crippen LogP contribution >= 0.6 is 11.8 Å². The van der Waals surface area contributed by atoms with Crippen molar-refractivity contribution in [3.8, 4) is 0 Å². The van der Waals surface area contributed by atoms with E-state index in [1.165, 1.54) is 6.42 Å². The monoisotopic (exact) mass is 312 g/mol. The van der Waals surface area contributed by atoms with Gasteiger partial charge in [-0.05, 0) is 31.6 Å². The highest BCUT2D eigenvalue weighted by Gasteiger charge is 2.45. The molecular formula is C15H24N2O3S. The van der Waals surface area contributed by atoms with Crippen LogP contribution in [0.5, 0.6) is 0 Å². The Morgan fingerprint density at radius 1 is 1.00 bits per heavy atom. The summed E-state index contributed by atoms with van der Waals surface area (Å²) >= 11 is 1.86. The molecule has 2 amide bonds. The predicted molar refractivity (Wildman–Crippen MR) is 82.5 cm³/mol. The first-order valence-electron chi connectivity index (χ1n) is 8.06. The van der Waals surface area contributed by atoms with E-state index in [4.69, 9.17) is 0 Å². The normalized spacial score (nSPS) is 33.4. The molecule has 3 rings (SSSR count). The Bertz CT molecular complexity index is 412. The molecule has 5 nitrogen and oxygen atoms in total. The van der Waals surface area contributed by atoms with Gasteiger partial charge in [0.25, 0.3) is 0 Å². The van der Waals surface area contributed by atoms with Crippen molar-refractivity contribution in [1.82, 2.24) is 9.80 Å². The quantitative estimate of drug-likeness (QED) is 0.807. The number of urea groups is 1. The summed E-state index contributed by atoms with van der Waals surface area (Å²) < 4.78 is 0. The molecule has 3 unspecified atom stereocenters. The molecule has 21 heavy (non-hydrogen) atoms. The second-order valence-electron chi connectivity index (χ2n) is 6.33. The maximum atomic E-state index is 12.9. The largest absolute Gasteiger partial charge is 0.480 e. The van der Waals surface area contributed by atoms with Gasteiger partial charge in [-0.1, -0.05) is 12.8 Å². The summed E-state index contributed by atoms with van der Waals surface area (Å²) in [6, 6.07) is -0.499. The minimum Gasteiger partial charge on any atom is -0.480 e. The first-order valence-corrected chi connectivity index (χ1v) is 9.21. The van der Waals surface area contributed by atoms with Crippen LogP contribution in [0, 0.1) is 5.92 Å². The van der Waals surface area contributed by atoms with Gasteiger partial charge in [0.15, 0.2) is 0 Å². The number of carboxylic acids is 1. The molecule has 0 bridgehead atoms. The van der Waals surface area contributed by atoms with Gasteiger partial charge in [0, 0.05) is 30.6 Å². The Morgan fingerprint density at radius 3 is 2.43 bits per heavy atom. The number of aliphatic carboxylic acids is 1. The fraction of sp³-hybridized carbons (Fsp3) is 0.867. The topological polar surface area (TPSA) is 60.9 Å². The molecule has 1 saturated carbocycles. The molecule has 3 atom stereocenters. The molecule has 1 N–H and O–H groups in total. The summed E-state index contributed by atoms with van der Waals surface area (Å²) in [6.45, 7) is 1.51. The summed E-state index contributed by atoms with van der Waals surface area (Å²) in [7, 11) is 0. The Morgan fingerprint density at radius 2 is 1.71 bits per heavy atom. The summed E-state index contributed by atoms with van der Waals surface area (Å²) in [6.07, 6.45) is 6.04. The molecule has 2 aliphatic heterocycles. The second kappa shape index (κ2) is 6.46. The molecule has 0 spiro atoms. The van der Waals surface area contributed by atoms with Gasteiger partial charge in [0.05, 0.1) is 0 Å². The van der Waals surface area contributed by atoms with Gasteiger partial charge in [-0.3, -0.25) is 0 Å². The van der Waals surface area contributed by atoms with Crippen molar-refractivity contribution in [1.29, 1.82) is 0 Å². The third-order valence-corrected chi connectivity index (χ3v) is 6.10. The lowest BCUT2D eigenvalue weighted by Gasteiger charge is -2.48. The van der Waals surface area contributed by atoms with Crippen LogP contribution in [0.25, 0.3) is 0 Å². The Balaban J connectivity index is 1.81. The fourth-order valence-electron chi connectivity index (χ4n) is 4.07. The van der Waals surface area contributed by atoms with Crippen molar-refractivity contribution >= 4 is 23.8 Å². The Kier molecular flexibility index (Phi) is 4.62.